The van der Waals surface area contributed by atoms with Gasteiger partial charge in [0.15, 0.2) is 0 Å². The fraction of sp³-hybridized carbons (Fsp3) is 0.357. The molecule has 0 radical (unpaired) electrons. The van der Waals surface area contributed by atoms with Gasteiger partial charge in [0.25, 0.3) is 0 Å². The van der Waals surface area contributed by atoms with Gasteiger partial charge in [-0.05, 0) is 18.9 Å². The van der Waals surface area contributed by atoms with Gasteiger partial charge in [0.2, 0.25) is 5.95 Å². The quantitative estimate of drug-likeness (QED) is 0.873. The molecule has 2 unspecified atom stereocenters. The zero-order valence-corrected chi connectivity index (χ0v) is 10.2. The Kier molecular flexibility index (Phi) is 2.39. The molecule has 0 saturated heterocycles. The Hall–Kier alpha value is -1.77. The first-order valence-corrected chi connectivity index (χ1v) is 6.05. The monoisotopic (exact) mass is 227 g/mol. The molecule has 3 heteroatoms. The Balaban J connectivity index is 1.68. The number of rotatable bonds is 3. The molecule has 0 bridgehead atoms. The van der Waals surface area contributed by atoms with E-state index in [1.807, 2.05) is 20.2 Å². The van der Waals surface area contributed by atoms with Crippen molar-refractivity contribution in [3.8, 4) is 0 Å². The minimum Gasteiger partial charge on any atom is -0.352 e. The van der Waals surface area contributed by atoms with E-state index in [1.165, 1.54) is 12.0 Å². The first kappa shape index (κ1) is 10.4. The molecule has 88 valence electrons. The van der Waals surface area contributed by atoms with Gasteiger partial charge in [-0.25, -0.2) is 4.98 Å². The minimum absolute atomic E-state index is 0.540. The van der Waals surface area contributed by atoms with Gasteiger partial charge in [-0.2, -0.15) is 0 Å². The molecule has 0 spiro atoms. The molecule has 3 nitrogen and oxygen atoms in total. The molecule has 1 aromatic carbocycles. The maximum atomic E-state index is 4.47. The molecule has 1 N–H and O–H groups in total. The standard InChI is InChI=1S/C14H17N3/c1-10-9-17(2)14(15-10)16-13-8-12(13)11-6-4-3-5-7-11/h3-7,9,12-13H,8H2,1-2H3,(H,15,16). The number of aryl methyl sites for hydroxylation is 2. The highest BCUT2D eigenvalue weighted by atomic mass is 15.2. The number of anilines is 1. The molecule has 17 heavy (non-hydrogen) atoms. The van der Waals surface area contributed by atoms with Crippen molar-refractivity contribution in [2.75, 3.05) is 5.32 Å². The van der Waals surface area contributed by atoms with Crippen LogP contribution in [0.2, 0.25) is 0 Å². The molecule has 0 amide bonds. The Morgan fingerprint density at radius 2 is 2.06 bits per heavy atom. The van der Waals surface area contributed by atoms with Crippen molar-refractivity contribution < 1.29 is 0 Å². The van der Waals surface area contributed by atoms with Crippen molar-refractivity contribution in [1.29, 1.82) is 0 Å². The first-order valence-electron chi connectivity index (χ1n) is 6.05. The van der Waals surface area contributed by atoms with Crippen molar-refractivity contribution in [3.63, 3.8) is 0 Å². The fourth-order valence-electron chi connectivity index (χ4n) is 2.34. The van der Waals surface area contributed by atoms with Crippen LogP contribution in [0.15, 0.2) is 36.5 Å². The van der Waals surface area contributed by atoms with Crippen LogP contribution in [0.5, 0.6) is 0 Å². The molecule has 1 heterocycles. The highest BCUT2D eigenvalue weighted by molar-refractivity contribution is 5.38. The summed E-state index contributed by atoms with van der Waals surface area (Å²) in [5.74, 6) is 1.62. The number of nitrogens with one attached hydrogen (secondary N) is 1. The van der Waals surface area contributed by atoms with Crippen LogP contribution in [0, 0.1) is 6.92 Å². The normalized spacial score (nSPS) is 22.5. The maximum Gasteiger partial charge on any atom is 0.203 e. The number of imidazole rings is 1. The van der Waals surface area contributed by atoms with Crippen molar-refractivity contribution in [2.45, 2.75) is 25.3 Å². The van der Waals surface area contributed by atoms with Gasteiger partial charge in [-0.1, -0.05) is 30.3 Å². The third-order valence-corrected chi connectivity index (χ3v) is 3.33. The molecule has 1 fully saturated rings. The molecular formula is C14H17N3. The molecule has 3 rings (SSSR count). The summed E-state index contributed by atoms with van der Waals surface area (Å²) in [7, 11) is 2.03. The average Bonchev–Trinajstić information content (AvgIpc) is 3.01. The summed E-state index contributed by atoms with van der Waals surface area (Å²) in [5, 5.41) is 3.51. The minimum atomic E-state index is 0.540. The van der Waals surface area contributed by atoms with Crippen LogP contribution in [0.4, 0.5) is 5.95 Å². The van der Waals surface area contributed by atoms with Crippen LogP contribution in [0.3, 0.4) is 0 Å². The zero-order valence-electron chi connectivity index (χ0n) is 10.2. The van der Waals surface area contributed by atoms with Gasteiger partial charge in [-0.3, -0.25) is 0 Å². The van der Waals surface area contributed by atoms with Crippen molar-refractivity contribution >= 4 is 5.95 Å². The van der Waals surface area contributed by atoms with Crippen molar-refractivity contribution in [1.82, 2.24) is 9.55 Å². The summed E-state index contributed by atoms with van der Waals surface area (Å²) in [6.45, 7) is 2.02. The van der Waals surface area contributed by atoms with Crippen LogP contribution in [0.1, 0.15) is 23.6 Å². The Morgan fingerprint density at radius 3 is 2.71 bits per heavy atom. The summed E-state index contributed by atoms with van der Waals surface area (Å²) in [4.78, 5) is 4.47. The molecule has 1 saturated carbocycles. The summed E-state index contributed by atoms with van der Waals surface area (Å²) < 4.78 is 2.05. The van der Waals surface area contributed by atoms with Crippen LogP contribution < -0.4 is 5.32 Å². The Bertz CT molecular complexity index is 516. The first-order chi connectivity index (χ1) is 8.24. The highest BCUT2D eigenvalue weighted by Crippen LogP contribution is 2.42. The second kappa shape index (κ2) is 3.91. The maximum absolute atomic E-state index is 4.47. The van der Waals surface area contributed by atoms with E-state index in [9.17, 15) is 0 Å². The van der Waals surface area contributed by atoms with E-state index in [1.54, 1.807) is 0 Å². The van der Waals surface area contributed by atoms with Gasteiger partial charge in [0.05, 0.1) is 5.69 Å². The van der Waals surface area contributed by atoms with Gasteiger partial charge < -0.3 is 9.88 Å². The third kappa shape index (κ3) is 2.05. The van der Waals surface area contributed by atoms with Crippen LogP contribution in [-0.4, -0.2) is 15.6 Å². The van der Waals surface area contributed by atoms with Crippen LogP contribution in [-0.2, 0) is 7.05 Å². The van der Waals surface area contributed by atoms with E-state index in [0.29, 0.717) is 12.0 Å². The van der Waals surface area contributed by atoms with E-state index >= 15 is 0 Å². The van der Waals surface area contributed by atoms with Crippen LogP contribution >= 0.6 is 0 Å². The number of benzene rings is 1. The lowest BCUT2D eigenvalue weighted by atomic mass is 10.1. The Labute approximate surface area is 101 Å². The van der Waals surface area contributed by atoms with Gasteiger partial charge in [0.1, 0.15) is 0 Å². The SMILES string of the molecule is Cc1cn(C)c(NC2CC2c2ccccc2)n1. The molecular weight excluding hydrogens is 210 g/mol. The molecule has 2 aromatic rings. The lowest BCUT2D eigenvalue weighted by Gasteiger charge is -2.05. The summed E-state index contributed by atoms with van der Waals surface area (Å²) in [6, 6.07) is 11.2. The number of nitrogens with zero attached hydrogens (tertiary/aromatic N) is 2. The van der Waals surface area contributed by atoms with Gasteiger partial charge in [0, 0.05) is 25.2 Å². The largest absolute Gasteiger partial charge is 0.352 e. The smallest absolute Gasteiger partial charge is 0.203 e. The molecule has 1 aliphatic carbocycles. The second-order valence-corrected chi connectivity index (χ2v) is 4.82. The lowest BCUT2D eigenvalue weighted by Crippen LogP contribution is -2.08. The van der Waals surface area contributed by atoms with Crippen molar-refractivity contribution in [3.05, 3.63) is 47.8 Å². The molecule has 0 aliphatic heterocycles. The second-order valence-electron chi connectivity index (χ2n) is 4.82. The van der Waals surface area contributed by atoms with Gasteiger partial charge >= 0.3 is 0 Å². The third-order valence-electron chi connectivity index (χ3n) is 3.33. The fourth-order valence-corrected chi connectivity index (χ4v) is 2.34. The topological polar surface area (TPSA) is 29.9 Å². The lowest BCUT2D eigenvalue weighted by molar-refractivity contribution is 0.891. The van der Waals surface area contributed by atoms with E-state index in [0.717, 1.165) is 11.6 Å². The van der Waals surface area contributed by atoms with E-state index in [4.69, 9.17) is 0 Å². The molecule has 1 aliphatic rings. The number of aromatic nitrogens is 2. The van der Waals surface area contributed by atoms with E-state index < -0.39 is 0 Å². The van der Waals surface area contributed by atoms with E-state index in [2.05, 4.69) is 45.2 Å². The Morgan fingerprint density at radius 1 is 1.29 bits per heavy atom. The molecule has 1 aromatic heterocycles. The zero-order chi connectivity index (χ0) is 11.8. The number of hydrogen-bond acceptors (Lipinski definition) is 2. The average molecular weight is 227 g/mol. The predicted octanol–water partition coefficient (Wildman–Crippen LogP) is 2.70. The summed E-state index contributed by atoms with van der Waals surface area (Å²) >= 11 is 0. The molecule has 2 atom stereocenters. The summed E-state index contributed by atoms with van der Waals surface area (Å²) in [5.41, 5.74) is 2.49. The summed E-state index contributed by atoms with van der Waals surface area (Å²) in [6.07, 6.45) is 3.25. The predicted molar refractivity (Wildman–Crippen MR) is 69.2 cm³/mol. The van der Waals surface area contributed by atoms with Crippen molar-refractivity contribution in [2.24, 2.45) is 7.05 Å². The number of hydrogen-bond donors (Lipinski definition) is 1. The van der Waals surface area contributed by atoms with Crippen LogP contribution in [0.25, 0.3) is 0 Å². The highest BCUT2D eigenvalue weighted by Gasteiger charge is 2.38. The van der Waals surface area contributed by atoms with E-state index in [-0.39, 0.29) is 0 Å². The van der Waals surface area contributed by atoms with Gasteiger partial charge in [-0.15, -0.1) is 0 Å².